The van der Waals surface area contributed by atoms with Crippen LogP contribution in [0.4, 0.5) is 13.2 Å². The van der Waals surface area contributed by atoms with Gasteiger partial charge in [0.25, 0.3) is 5.91 Å². The topological polar surface area (TPSA) is 51.7 Å². The van der Waals surface area contributed by atoms with Crippen LogP contribution in [-0.2, 0) is 11.3 Å². The van der Waals surface area contributed by atoms with Crippen LogP contribution in [0.1, 0.15) is 16.1 Å². The van der Waals surface area contributed by atoms with Gasteiger partial charge >= 0.3 is 0 Å². The normalized spacial score (nSPS) is 14.0. The van der Waals surface area contributed by atoms with Gasteiger partial charge in [-0.3, -0.25) is 4.79 Å². The Labute approximate surface area is 174 Å². The van der Waals surface area contributed by atoms with Gasteiger partial charge in [0.05, 0.1) is 13.2 Å². The SMILES string of the molecule is O=C(c1csc(-c2ccc(OCc3cc(F)cc(F)c3)cc2F)n1)N1CCOCC1. The summed E-state index contributed by atoms with van der Waals surface area (Å²) in [5.41, 5.74) is 0.804. The molecule has 1 aliphatic heterocycles. The first-order valence-electron chi connectivity index (χ1n) is 9.20. The van der Waals surface area contributed by atoms with Crippen molar-refractivity contribution in [2.24, 2.45) is 0 Å². The second-order valence-corrected chi connectivity index (χ2v) is 7.51. The van der Waals surface area contributed by atoms with Crippen molar-refractivity contribution in [2.45, 2.75) is 6.61 Å². The standard InChI is InChI=1S/C21H17F3N2O3S/c22-14-7-13(8-15(23)9-14)11-29-16-1-2-17(18(24)10-16)20-25-19(12-30-20)21(27)26-3-5-28-6-4-26/h1-2,7-10,12H,3-6,11H2. The van der Waals surface area contributed by atoms with Crippen molar-refractivity contribution in [1.29, 1.82) is 0 Å². The van der Waals surface area contributed by atoms with Crippen LogP contribution in [0.3, 0.4) is 0 Å². The predicted octanol–water partition coefficient (Wildman–Crippen LogP) is 4.28. The Morgan fingerprint density at radius 3 is 2.53 bits per heavy atom. The van der Waals surface area contributed by atoms with E-state index in [-0.39, 0.29) is 29.5 Å². The van der Waals surface area contributed by atoms with E-state index in [1.165, 1.54) is 23.5 Å². The van der Waals surface area contributed by atoms with E-state index < -0.39 is 17.5 Å². The van der Waals surface area contributed by atoms with E-state index in [4.69, 9.17) is 9.47 Å². The van der Waals surface area contributed by atoms with Gasteiger partial charge in [-0.2, -0.15) is 0 Å². The Morgan fingerprint density at radius 2 is 1.83 bits per heavy atom. The highest BCUT2D eigenvalue weighted by Gasteiger charge is 2.22. The number of carbonyl (C=O) groups excluding carboxylic acids is 1. The van der Waals surface area contributed by atoms with E-state index in [2.05, 4.69) is 4.98 Å². The number of rotatable bonds is 5. The quantitative estimate of drug-likeness (QED) is 0.602. The van der Waals surface area contributed by atoms with Crippen molar-refractivity contribution >= 4 is 17.2 Å². The van der Waals surface area contributed by atoms with Crippen molar-refractivity contribution in [2.75, 3.05) is 26.3 Å². The fraction of sp³-hybridized carbons (Fsp3) is 0.238. The number of hydrogen-bond donors (Lipinski definition) is 0. The molecule has 0 unspecified atom stereocenters. The molecule has 2 heterocycles. The largest absolute Gasteiger partial charge is 0.489 e. The molecule has 1 fully saturated rings. The van der Waals surface area contributed by atoms with Crippen molar-refractivity contribution in [1.82, 2.24) is 9.88 Å². The zero-order chi connectivity index (χ0) is 21.1. The van der Waals surface area contributed by atoms with E-state index in [0.29, 0.717) is 36.9 Å². The molecular formula is C21H17F3N2O3S. The van der Waals surface area contributed by atoms with Crippen LogP contribution in [0, 0.1) is 17.5 Å². The van der Waals surface area contributed by atoms with Gasteiger partial charge in [0.2, 0.25) is 0 Å². The van der Waals surface area contributed by atoms with E-state index in [9.17, 15) is 18.0 Å². The van der Waals surface area contributed by atoms with E-state index >= 15 is 0 Å². The molecule has 2 aromatic carbocycles. The molecule has 0 saturated carbocycles. The molecule has 0 atom stereocenters. The first kappa shape index (κ1) is 20.4. The number of aromatic nitrogens is 1. The first-order valence-corrected chi connectivity index (χ1v) is 10.1. The summed E-state index contributed by atoms with van der Waals surface area (Å²) in [6.45, 7) is 1.87. The number of amides is 1. The summed E-state index contributed by atoms with van der Waals surface area (Å²) in [5.74, 6) is -1.98. The number of hydrogen-bond acceptors (Lipinski definition) is 5. The summed E-state index contributed by atoms with van der Waals surface area (Å²) >= 11 is 1.17. The summed E-state index contributed by atoms with van der Waals surface area (Å²) in [6, 6.07) is 7.28. The second-order valence-electron chi connectivity index (χ2n) is 6.65. The Kier molecular flexibility index (Phi) is 6.01. The maximum absolute atomic E-state index is 14.6. The van der Waals surface area contributed by atoms with Crippen molar-refractivity contribution in [3.05, 3.63) is 70.5 Å². The minimum atomic E-state index is -0.707. The minimum Gasteiger partial charge on any atom is -0.489 e. The van der Waals surface area contributed by atoms with Crippen LogP contribution in [0.15, 0.2) is 41.8 Å². The third kappa shape index (κ3) is 4.63. The molecule has 0 radical (unpaired) electrons. The van der Waals surface area contributed by atoms with Gasteiger partial charge in [0, 0.05) is 36.2 Å². The maximum Gasteiger partial charge on any atom is 0.273 e. The highest BCUT2D eigenvalue weighted by molar-refractivity contribution is 7.13. The number of thiazole rings is 1. The van der Waals surface area contributed by atoms with Crippen molar-refractivity contribution < 1.29 is 27.4 Å². The molecule has 156 valence electrons. The second kappa shape index (κ2) is 8.85. The fourth-order valence-corrected chi connectivity index (χ4v) is 3.86. The molecule has 9 heteroatoms. The lowest BCUT2D eigenvalue weighted by molar-refractivity contribution is 0.0299. The summed E-state index contributed by atoms with van der Waals surface area (Å²) in [4.78, 5) is 18.4. The van der Waals surface area contributed by atoms with Crippen LogP contribution in [0.5, 0.6) is 5.75 Å². The molecule has 1 aromatic heterocycles. The lowest BCUT2D eigenvalue weighted by atomic mass is 10.2. The lowest BCUT2D eigenvalue weighted by Crippen LogP contribution is -2.40. The molecule has 0 aliphatic carbocycles. The van der Waals surface area contributed by atoms with Crippen LogP contribution in [0.2, 0.25) is 0 Å². The molecular weight excluding hydrogens is 417 g/mol. The third-order valence-corrected chi connectivity index (χ3v) is 5.40. The Balaban J connectivity index is 1.45. The molecule has 3 aromatic rings. The van der Waals surface area contributed by atoms with Gasteiger partial charge < -0.3 is 14.4 Å². The van der Waals surface area contributed by atoms with Gasteiger partial charge in [0.1, 0.15) is 40.5 Å². The van der Waals surface area contributed by atoms with E-state index in [1.54, 1.807) is 16.3 Å². The summed E-state index contributed by atoms with van der Waals surface area (Å²) in [7, 11) is 0. The Bertz CT molecular complexity index is 1050. The number of nitrogens with zero attached hydrogens (tertiary/aromatic N) is 2. The van der Waals surface area contributed by atoms with Gasteiger partial charge in [-0.1, -0.05) is 0 Å². The van der Waals surface area contributed by atoms with Crippen LogP contribution in [-0.4, -0.2) is 42.1 Å². The molecule has 5 nitrogen and oxygen atoms in total. The van der Waals surface area contributed by atoms with Gasteiger partial charge in [-0.05, 0) is 29.8 Å². The molecule has 30 heavy (non-hydrogen) atoms. The van der Waals surface area contributed by atoms with Gasteiger partial charge in [-0.25, -0.2) is 18.2 Å². The van der Waals surface area contributed by atoms with Gasteiger partial charge in [-0.15, -0.1) is 11.3 Å². The molecule has 1 saturated heterocycles. The van der Waals surface area contributed by atoms with Gasteiger partial charge in [0.15, 0.2) is 0 Å². The average Bonchev–Trinajstić information content (AvgIpc) is 3.21. The predicted molar refractivity (Wildman–Crippen MR) is 105 cm³/mol. The minimum absolute atomic E-state index is 0.108. The Morgan fingerprint density at radius 1 is 1.10 bits per heavy atom. The first-order chi connectivity index (χ1) is 14.5. The van der Waals surface area contributed by atoms with Crippen molar-refractivity contribution in [3.63, 3.8) is 0 Å². The highest BCUT2D eigenvalue weighted by Crippen LogP contribution is 2.29. The van der Waals surface area contributed by atoms with Crippen LogP contribution in [0.25, 0.3) is 10.6 Å². The van der Waals surface area contributed by atoms with Crippen molar-refractivity contribution in [3.8, 4) is 16.3 Å². The lowest BCUT2D eigenvalue weighted by Gasteiger charge is -2.25. The average molecular weight is 434 g/mol. The van der Waals surface area contributed by atoms with E-state index in [1.807, 2.05) is 0 Å². The zero-order valence-electron chi connectivity index (χ0n) is 15.7. The number of morpholine rings is 1. The summed E-state index contributed by atoms with van der Waals surface area (Å²) in [6.07, 6.45) is 0. The number of carbonyl (C=O) groups is 1. The fourth-order valence-electron chi connectivity index (χ4n) is 3.04. The Hall–Kier alpha value is -2.91. The summed E-state index contributed by atoms with van der Waals surface area (Å²) in [5, 5.41) is 1.98. The van der Waals surface area contributed by atoms with E-state index in [0.717, 1.165) is 18.2 Å². The molecule has 1 aliphatic rings. The third-order valence-electron chi connectivity index (χ3n) is 4.52. The number of ether oxygens (including phenoxy) is 2. The maximum atomic E-state index is 14.6. The van der Waals surface area contributed by atoms with Crippen LogP contribution < -0.4 is 4.74 Å². The number of benzene rings is 2. The smallest absolute Gasteiger partial charge is 0.273 e. The monoisotopic (exact) mass is 434 g/mol. The molecule has 0 spiro atoms. The highest BCUT2D eigenvalue weighted by atomic mass is 32.1. The molecule has 0 bridgehead atoms. The molecule has 0 N–H and O–H groups in total. The molecule has 4 rings (SSSR count). The van der Waals surface area contributed by atoms with Crippen LogP contribution >= 0.6 is 11.3 Å². The number of halogens is 3. The molecule has 1 amide bonds. The summed E-state index contributed by atoms with van der Waals surface area (Å²) < 4.78 is 51.8. The zero-order valence-corrected chi connectivity index (χ0v) is 16.6.